The lowest BCUT2D eigenvalue weighted by Gasteiger charge is -2.15. The van der Waals surface area contributed by atoms with Crippen LogP contribution in [-0.4, -0.2) is 17.6 Å². The maximum absolute atomic E-state index is 13.0. The fraction of sp³-hybridized carbons (Fsp3) is 0.143. The number of nitrogens with one attached hydrogen (secondary N) is 1. The van der Waals surface area contributed by atoms with Gasteiger partial charge in [0.1, 0.15) is 12.4 Å². The number of rotatable bonds is 7. The topological polar surface area (TPSA) is 60.3 Å². The van der Waals surface area contributed by atoms with Gasteiger partial charge >= 0.3 is 0 Å². The highest BCUT2D eigenvalue weighted by Crippen LogP contribution is 2.24. The smallest absolute Gasteiger partial charge is 0.244 e. The van der Waals surface area contributed by atoms with E-state index in [-0.39, 0.29) is 29.4 Å². The molecule has 1 heterocycles. The molecule has 0 spiro atoms. The Hall–Kier alpha value is -2.77. The van der Waals surface area contributed by atoms with Gasteiger partial charge < -0.3 is 14.6 Å². The van der Waals surface area contributed by atoms with Gasteiger partial charge in [0.2, 0.25) is 11.3 Å². The summed E-state index contributed by atoms with van der Waals surface area (Å²) in [4.78, 5) is 25.6. The number of ether oxygens (including phenoxy) is 1. The lowest BCUT2D eigenvalue weighted by Crippen LogP contribution is -2.22. The van der Waals surface area contributed by atoms with Crippen molar-refractivity contribution in [1.29, 1.82) is 0 Å². The lowest BCUT2D eigenvalue weighted by molar-refractivity contribution is -0.116. The van der Waals surface area contributed by atoms with Crippen LogP contribution in [0.2, 0.25) is 5.02 Å². The molecule has 0 aliphatic heterocycles. The predicted octanol–water partition coefficient (Wildman–Crippen LogP) is 4.58. The summed E-state index contributed by atoms with van der Waals surface area (Å²) in [6, 6.07) is 14.3. The van der Waals surface area contributed by atoms with E-state index in [4.69, 9.17) is 16.3 Å². The highest BCUT2D eigenvalue weighted by atomic mass is 35.5. The molecule has 3 aromatic rings. The maximum Gasteiger partial charge on any atom is 0.244 e. The van der Waals surface area contributed by atoms with Crippen LogP contribution in [0.3, 0.4) is 0 Å². The molecule has 0 fully saturated rings. The molecule has 0 aliphatic carbocycles. The number of amides is 1. The number of anilines is 1. The van der Waals surface area contributed by atoms with Crippen LogP contribution < -0.4 is 15.5 Å². The molecule has 0 unspecified atom stereocenters. The van der Waals surface area contributed by atoms with Crippen molar-refractivity contribution in [2.24, 2.45) is 0 Å². The van der Waals surface area contributed by atoms with Crippen molar-refractivity contribution in [3.05, 3.63) is 87.6 Å². The summed E-state index contributed by atoms with van der Waals surface area (Å²) in [5, 5.41) is 3.36. The predicted molar refractivity (Wildman–Crippen MR) is 113 cm³/mol. The molecule has 0 saturated heterocycles. The highest BCUT2D eigenvalue weighted by molar-refractivity contribution is 7.98. The summed E-state index contributed by atoms with van der Waals surface area (Å²) in [5.74, 6) is -0.0560. The number of halogens is 2. The van der Waals surface area contributed by atoms with E-state index in [1.807, 2.05) is 12.1 Å². The van der Waals surface area contributed by atoms with Crippen molar-refractivity contribution in [3.63, 3.8) is 0 Å². The standard InChI is InChI=1S/C21H18ClFN2O3S/c1-28-20-11-25(12-21(27)24-16-6-4-15(23)5-7-16)17(10-19(20)26)13-29-18-8-2-14(22)3-9-18/h2-11H,12-13H2,1H3,(H,24,27). The third-order valence-electron chi connectivity index (χ3n) is 4.04. The Morgan fingerprint density at radius 2 is 1.86 bits per heavy atom. The molecule has 1 aromatic heterocycles. The van der Waals surface area contributed by atoms with E-state index < -0.39 is 0 Å². The van der Waals surface area contributed by atoms with Crippen molar-refractivity contribution in [3.8, 4) is 5.75 Å². The monoisotopic (exact) mass is 432 g/mol. The summed E-state index contributed by atoms with van der Waals surface area (Å²) in [6.45, 7) is -0.0233. The van der Waals surface area contributed by atoms with E-state index in [0.717, 1.165) is 4.90 Å². The normalized spacial score (nSPS) is 10.6. The molecule has 1 amide bonds. The SMILES string of the molecule is COc1cn(CC(=O)Nc2ccc(F)cc2)c(CSc2ccc(Cl)cc2)cc1=O. The average molecular weight is 433 g/mol. The first-order valence-electron chi connectivity index (χ1n) is 8.66. The second-order valence-corrected chi connectivity index (χ2v) is 7.61. The zero-order chi connectivity index (χ0) is 20.8. The van der Waals surface area contributed by atoms with E-state index in [1.165, 1.54) is 55.4 Å². The van der Waals surface area contributed by atoms with Gasteiger partial charge in [-0.15, -0.1) is 11.8 Å². The second kappa shape index (κ2) is 9.62. The number of thioether (sulfide) groups is 1. The molecular formula is C21H18ClFN2O3S. The molecule has 3 rings (SSSR count). The number of carbonyl (C=O) groups is 1. The minimum absolute atomic E-state index is 0.0233. The molecule has 5 nitrogen and oxygen atoms in total. The van der Waals surface area contributed by atoms with Crippen molar-refractivity contribution < 1.29 is 13.9 Å². The molecule has 150 valence electrons. The first-order valence-corrected chi connectivity index (χ1v) is 10.0. The molecule has 8 heteroatoms. The third-order valence-corrected chi connectivity index (χ3v) is 5.34. The zero-order valence-corrected chi connectivity index (χ0v) is 17.1. The number of carbonyl (C=O) groups excluding carboxylic acids is 1. The van der Waals surface area contributed by atoms with Gasteiger partial charge in [-0.3, -0.25) is 9.59 Å². The summed E-state index contributed by atoms with van der Waals surface area (Å²) in [6.07, 6.45) is 1.52. The van der Waals surface area contributed by atoms with Crippen LogP contribution in [0.5, 0.6) is 5.75 Å². The van der Waals surface area contributed by atoms with Gasteiger partial charge in [0, 0.05) is 33.1 Å². The molecule has 0 aliphatic rings. The van der Waals surface area contributed by atoms with Crippen LogP contribution in [0.1, 0.15) is 5.69 Å². The molecule has 2 aromatic carbocycles. The summed E-state index contributed by atoms with van der Waals surface area (Å²) >= 11 is 7.43. The molecule has 1 N–H and O–H groups in total. The Balaban J connectivity index is 1.77. The Bertz CT molecular complexity index is 1050. The number of hydrogen-bond donors (Lipinski definition) is 1. The van der Waals surface area contributed by atoms with E-state index >= 15 is 0 Å². The largest absolute Gasteiger partial charge is 0.491 e. The average Bonchev–Trinajstić information content (AvgIpc) is 2.70. The van der Waals surface area contributed by atoms with Gasteiger partial charge in [-0.25, -0.2) is 4.39 Å². The van der Waals surface area contributed by atoms with Gasteiger partial charge in [-0.1, -0.05) is 11.6 Å². The zero-order valence-electron chi connectivity index (χ0n) is 15.5. The summed E-state index contributed by atoms with van der Waals surface area (Å²) in [7, 11) is 1.40. The number of aromatic nitrogens is 1. The molecule has 0 saturated carbocycles. The molecular weight excluding hydrogens is 415 g/mol. The minimum atomic E-state index is -0.380. The van der Waals surface area contributed by atoms with E-state index in [0.29, 0.717) is 22.2 Å². The number of hydrogen-bond acceptors (Lipinski definition) is 4. The van der Waals surface area contributed by atoms with Crippen molar-refractivity contribution >= 4 is 35.0 Å². The van der Waals surface area contributed by atoms with Crippen LogP contribution in [0, 0.1) is 5.82 Å². The Kier molecular flexibility index (Phi) is 6.95. The van der Waals surface area contributed by atoms with E-state index in [2.05, 4.69) is 5.32 Å². The third kappa shape index (κ3) is 5.85. The van der Waals surface area contributed by atoms with Crippen LogP contribution in [0.4, 0.5) is 10.1 Å². The first-order chi connectivity index (χ1) is 13.9. The van der Waals surface area contributed by atoms with Gasteiger partial charge in [-0.2, -0.15) is 0 Å². The van der Waals surface area contributed by atoms with Crippen LogP contribution in [-0.2, 0) is 17.1 Å². The van der Waals surface area contributed by atoms with Crippen molar-refractivity contribution in [2.75, 3.05) is 12.4 Å². The number of nitrogens with zero attached hydrogens (tertiary/aromatic N) is 1. The fourth-order valence-corrected chi connectivity index (χ4v) is 3.61. The Morgan fingerprint density at radius 3 is 2.52 bits per heavy atom. The van der Waals surface area contributed by atoms with Gasteiger partial charge in [-0.05, 0) is 48.5 Å². The van der Waals surface area contributed by atoms with E-state index in [1.54, 1.807) is 16.7 Å². The first kappa shape index (κ1) is 21.0. The molecule has 0 radical (unpaired) electrons. The van der Waals surface area contributed by atoms with Crippen molar-refractivity contribution in [2.45, 2.75) is 17.2 Å². The summed E-state index contributed by atoms with van der Waals surface area (Å²) in [5.41, 5.74) is 0.904. The number of benzene rings is 2. The van der Waals surface area contributed by atoms with Gasteiger partial charge in [0.05, 0.1) is 13.3 Å². The summed E-state index contributed by atoms with van der Waals surface area (Å²) < 4.78 is 19.8. The van der Waals surface area contributed by atoms with Crippen LogP contribution in [0.25, 0.3) is 0 Å². The number of pyridine rings is 1. The second-order valence-electron chi connectivity index (χ2n) is 6.12. The van der Waals surface area contributed by atoms with E-state index in [9.17, 15) is 14.0 Å². The fourth-order valence-electron chi connectivity index (χ4n) is 2.60. The van der Waals surface area contributed by atoms with Crippen molar-refractivity contribution in [1.82, 2.24) is 4.57 Å². The molecule has 0 atom stereocenters. The van der Waals surface area contributed by atoms with Gasteiger partial charge in [0.15, 0.2) is 5.75 Å². The number of methoxy groups -OCH3 is 1. The molecule has 29 heavy (non-hydrogen) atoms. The van der Waals surface area contributed by atoms with Gasteiger partial charge in [0.25, 0.3) is 0 Å². The quantitative estimate of drug-likeness (QED) is 0.555. The van der Waals surface area contributed by atoms with Crippen LogP contribution in [0.15, 0.2) is 70.5 Å². The van der Waals surface area contributed by atoms with Crippen LogP contribution >= 0.6 is 23.4 Å². The Morgan fingerprint density at radius 1 is 1.17 bits per heavy atom. The maximum atomic E-state index is 13.0. The molecule has 0 bridgehead atoms. The lowest BCUT2D eigenvalue weighted by atomic mass is 10.3. The Labute approximate surface area is 176 Å². The minimum Gasteiger partial charge on any atom is -0.491 e. The highest BCUT2D eigenvalue weighted by Gasteiger charge is 2.12.